The molecule has 0 atom stereocenters. The molecule has 0 fully saturated rings. The summed E-state index contributed by atoms with van der Waals surface area (Å²) in [5, 5.41) is 23.6. The third-order valence-corrected chi connectivity index (χ3v) is 2.95. The first-order valence-corrected chi connectivity index (χ1v) is 6.26. The molecule has 1 N–H and O–H groups in total. The van der Waals surface area contributed by atoms with E-state index in [0.29, 0.717) is 24.3 Å². The Morgan fingerprint density at radius 3 is 1.88 bits per heavy atom. The molecule has 0 radical (unpaired) electrons. The van der Waals surface area contributed by atoms with Crippen molar-refractivity contribution in [2.75, 3.05) is 5.32 Å². The molecule has 0 saturated heterocycles. The monoisotopic (exact) mass is 363 g/mol. The summed E-state index contributed by atoms with van der Waals surface area (Å²) >= 11 is 0. The standard InChI is InChI=1S/C13H6F5N3O4/c14-6-1-7(15)3-8(2-6)19-12-10(13(16,17)18)4-9(20(22)23)5-11(12)21(24)25/h1-5,19H. The minimum Gasteiger partial charge on any atom is -0.349 e. The van der Waals surface area contributed by atoms with E-state index in [2.05, 4.69) is 0 Å². The van der Waals surface area contributed by atoms with Crippen LogP contribution in [0.15, 0.2) is 30.3 Å². The molecule has 132 valence electrons. The van der Waals surface area contributed by atoms with Crippen molar-refractivity contribution in [2.45, 2.75) is 6.18 Å². The summed E-state index contributed by atoms with van der Waals surface area (Å²) in [6, 6.07) is 2.06. The van der Waals surface area contributed by atoms with Gasteiger partial charge >= 0.3 is 6.18 Å². The van der Waals surface area contributed by atoms with Crippen LogP contribution in [0.4, 0.5) is 44.7 Å². The second-order valence-electron chi connectivity index (χ2n) is 4.68. The van der Waals surface area contributed by atoms with Crippen LogP contribution in [0.3, 0.4) is 0 Å². The van der Waals surface area contributed by atoms with E-state index >= 15 is 0 Å². The fourth-order valence-corrected chi connectivity index (χ4v) is 1.99. The second-order valence-corrected chi connectivity index (χ2v) is 4.68. The number of hydrogen-bond donors (Lipinski definition) is 1. The van der Waals surface area contributed by atoms with Crippen LogP contribution >= 0.6 is 0 Å². The maximum absolute atomic E-state index is 13.2. The summed E-state index contributed by atoms with van der Waals surface area (Å²) in [5.74, 6) is -2.28. The Kier molecular flexibility index (Phi) is 4.54. The largest absolute Gasteiger partial charge is 0.418 e. The van der Waals surface area contributed by atoms with Crippen LogP contribution in [-0.2, 0) is 6.18 Å². The highest BCUT2D eigenvalue weighted by Crippen LogP contribution is 2.43. The number of rotatable bonds is 4. The first-order valence-electron chi connectivity index (χ1n) is 6.26. The van der Waals surface area contributed by atoms with Gasteiger partial charge in [0.05, 0.1) is 21.5 Å². The Morgan fingerprint density at radius 1 is 0.880 bits per heavy atom. The van der Waals surface area contributed by atoms with E-state index in [0.717, 1.165) is 0 Å². The summed E-state index contributed by atoms with van der Waals surface area (Å²) in [4.78, 5) is 19.2. The molecule has 0 aliphatic heterocycles. The van der Waals surface area contributed by atoms with Gasteiger partial charge in [0.15, 0.2) is 0 Å². The molecule has 0 aliphatic carbocycles. The van der Waals surface area contributed by atoms with E-state index in [1.54, 1.807) is 0 Å². The van der Waals surface area contributed by atoms with Crippen molar-refractivity contribution in [2.24, 2.45) is 0 Å². The molecule has 25 heavy (non-hydrogen) atoms. The van der Waals surface area contributed by atoms with Crippen molar-refractivity contribution >= 4 is 22.7 Å². The zero-order valence-corrected chi connectivity index (χ0v) is 11.8. The zero-order valence-electron chi connectivity index (χ0n) is 11.8. The molecule has 0 saturated carbocycles. The Bertz CT molecular complexity index is 849. The predicted molar refractivity (Wildman–Crippen MR) is 74.4 cm³/mol. The molecule has 0 bridgehead atoms. The van der Waals surface area contributed by atoms with Crippen molar-refractivity contribution in [3.05, 3.63) is 67.8 Å². The number of nitrogens with zero attached hydrogens (tertiary/aromatic N) is 2. The van der Waals surface area contributed by atoms with Crippen LogP contribution in [-0.4, -0.2) is 9.85 Å². The topological polar surface area (TPSA) is 98.3 Å². The Labute approximate surface area is 135 Å². The fourth-order valence-electron chi connectivity index (χ4n) is 1.99. The van der Waals surface area contributed by atoms with Gasteiger partial charge in [-0.3, -0.25) is 20.2 Å². The van der Waals surface area contributed by atoms with Gasteiger partial charge in [-0.15, -0.1) is 0 Å². The lowest BCUT2D eigenvalue weighted by Crippen LogP contribution is -2.12. The number of nitro benzene ring substituents is 2. The molecule has 0 unspecified atom stereocenters. The van der Waals surface area contributed by atoms with Crippen molar-refractivity contribution < 1.29 is 31.8 Å². The molecule has 7 nitrogen and oxygen atoms in total. The smallest absolute Gasteiger partial charge is 0.349 e. The average molecular weight is 363 g/mol. The van der Waals surface area contributed by atoms with Crippen molar-refractivity contribution in [3.63, 3.8) is 0 Å². The first kappa shape index (κ1) is 18.0. The minimum atomic E-state index is -5.20. The maximum Gasteiger partial charge on any atom is 0.418 e. The fraction of sp³-hybridized carbons (Fsp3) is 0.0769. The van der Waals surface area contributed by atoms with Crippen molar-refractivity contribution in [1.82, 2.24) is 0 Å². The molecule has 0 aromatic heterocycles. The van der Waals surface area contributed by atoms with Crippen LogP contribution < -0.4 is 5.32 Å². The number of non-ortho nitro benzene ring substituents is 1. The summed E-state index contributed by atoms with van der Waals surface area (Å²) in [5.41, 5.74) is -5.87. The van der Waals surface area contributed by atoms with Gasteiger partial charge in [-0.1, -0.05) is 0 Å². The Morgan fingerprint density at radius 2 is 1.44 bits per heavy atom. The summed E-state index contributed by atoms with van der Waals surface area (Å²) in [6.07, 6.45) is -5.20. The van der Waals surface area contributed by atoms with E-state index in [-0.39, 0.29) is 6.07 Å². The van der Waals surface area contributed by atoms with Gasteiger partial charge in [0.25, 0.3) is 11.4 Å². The molecule has 2 rings (SSSR count). The van der Waals surface area contributed by atoms with E-state index in [4.69, 9.17) is 0 Å². The maximum atomic E-state index is 13.2. The summed E-state index contributed by atoms with van der Waals surface area (Å²) in [6.45, 7) is 0. The SMILES string of the molecule is O=[N+]([O-])c1cc([N+](=O)[O-])c(Nc2cc(F)cc(F)c2)c(C(F)(F)F)c1. The van der Waals surface area contributed by atoms with Crippen LogP contribution in [0, 0.1) is 31.9 Å². The third-order valence-electron chi connectivity index (χ3n) is 2.95. The molecule has 0 heterocycles. The third kappa shape index (κ3) is 3.97. The predicted octanol–water partition coefficient (Wildman–Crippen LogP) is 4.54. The second kappa shape index (κ2) is 6.30. The van der Waals surface area contributed by atoms with E-state index in [9.17, 15) is 42.2 Å². The molecule has 2 aromatic rings. The average Bonchev–Trinajstić information content (AvgIpc) is 2.44. The van der Waals surface area contributed by atoms with Crippen LogP contribution in [0.1, 0.15) is 5.56 Å². The summed E-state index contributed by atoms with van der Waals surface area (Å²) in [7, 11) is 0. The first-order chi connectivity index (χ1) is 11.5. The number of benzene rings is 2. The molecule has 0 amide bonds. The molecule has 2 aromatic carbocycles. The van der Waals surface area contributed by atoms with Gasteiger partial charge in [0.1, 0.15) is 17.3 Å². The molecular formula is C13H6F5N3O4. The molecule has 12 heteroatoms. The van der Waals surface area contributed by atoms with E-state index < -0.39 is 56.0 Å². The lowest BCUT2D eigenvalue weighted by Gasteiger charge is -2.15. The molecule has 0 spiro atoms. The molecule has 0 aliphatic rings. The number of alkyl halides is 3. The van der Waals surface area contributed by atoms with Gasteiger partial charge in [-0.25, -0.2) is 8.78 Å². The lowest BCUT2D eigenvalue weighted by atomic mass is 10.1. The van der Waals surface area contributed by atoms with Crippen LogP contribution in [0.2, 0.25) is 0 Å². The Hall–Kier alpha value is -3.31. The van der Waals surface area contributed by atoms with Gasteiger partial charge in [0.2, 0.25) is 0 Å². The van der Waals surface area contributed by atoms with Gasteiger partial charge in [-0.2, -0.15) is 13.2 Å². The van der Waals surface area contributed by atoms with Gasteiger partial charge in [0, 0.05) is 17.8 Å². The highest BCUT2D eigenvalue weighted by molar-refractivity contribution is 5.76. The van der Waals surface area contributed by atoms with E-state index in [1.807, 2.05) is 5.32 Å². The normalized spacial score (nSPS) is 11.2. The number of anilines is 2. The van der Waals surface area contributed by atoms with E-state index in [1.165, 1.54) is 0 Å². The minimum absolute atomic E-state index is 0.0883. The zero-order chi connectivity index (χ0) is 18.9. The number of nitro groups is 2. The quantitative estimate of drug-likeness (QED) is 0.488. The highest BCUT2D eigenvalue weighted by Gasteiger charge is 2.39. The molecular weight excluding hydrogens is 357 g/mol. The highest BCUT2D eigenvalue weighted by atomic mass is 19.4. The number of nitrogens with one attached hydrogen (secondary N) is 1. The number of hydrogen-bond acceptors (Lipinski definition) is 5. The van der Waals surface area contributed by atoms with Crippen molar-refractivity contribution in [3.8, 4) is 0 Å². The van der Waals surface area contributed by atoms with Crippen molar-refractivity contribution in [1.29, 1.82) is 0 Å². The Balaban J connectivity index is 2.72. The van der Waals surface area contributed by atoms with Gasteiger partial charge < -0.3 is 5.32 Å². The van der Waals surface area contributed by atoms with Crippen LogP contribution in [0.5, 0.6) is 0 Å². The van der Waals surface area contributed by atoms with Crippen LogP contribution in [0.25, 0.3) is 0 Å². The summed E-state index contributed by atoms with van der Waals surface area (Å²) < 4.78 is 65.8. The number of halogens is 5. The lowest BCUT2D eigenvalue weighted by molar-refractivity contribution is -0.394. The van der Waals surface area contributed by atoms with Gasteiger partial charge in [-0.05, 0) is 12.1 Å².